The summed E-state index contributed by atoms with van der Waals surface area (Å²) in [6.45, 7) is 2.46. The van der Waals surface area contributed by atoms with Gasteiger partial charge in [0.15, 0.2) is 0 Å². The predicted octanol–water partition coefficient (Wildman–Crippen LogP) is 4.43. The first kappa shape index (κ1) is 19.9. The van der Waals surface area contributed by atoms with E-state index < -0.39 is 6.09 Å². The van der Waals surface area contributed by atoms with Crippen LogP contribution in [0.4, 0.5) is 16.2 Å². The smallest absolute Gasteiger partial charge is 0.407 e. The van der Waals surface area contributed by atoms with Gasteiger partial charge in [0.1, 0.15) is 6.61 Å². The molecule has 6 heteroatoms. The average molecular weight is 389 g/mol. The van der Waals surface area contributed by atoms with Crippen LogP contribution >= 0.6 is 0 Å². The topological polar surface area (TPSA) is 93.4 Å². The molecule has 0 bridgehead atoms. The fraction of sp³-hybridized carbons (Fsp3) is 0.130. The Morgan fingerprint density at radius 1 is 0.931 bits per heavy atom. The Kier molecular flexibility index (Phi) is 6.47. The van der Waals surface area contributed by atoms with Gasteiger partial charge in [-0.3, -0.25) is 4.79 Å². The first-order chi connectivity index (χ1) is 14.1. The molecule has 0 aliphatic rings. The molecular formula is C23H23N3O3. The van der Waals surface area contributed by atoms with Crippen LogP contribution in [0, 0.1) is 0 Å². The molecule has 2 amide bonds. The van der Waals surface area contributed by atoms with Crippen molar-refractivity contribution in [1.82, 2.24) is 5.32 Å². The quantitative estimate of drug-likeness (QED) is 0.544. The molecule has 0 fully saturated rings. The lowest BCUT2D eigenvalue weighted by Crippen LogP contribution is -2.23. The summed E-state index contributed by atoms with van der Waals surface area (Å²) in [5.41, 5.74) is 10.4. The van der Waals surface area contributed by atoms with E-state index in [1.807, 2.05) is 49.4 Å². The fourth-order valence-electron chi connectivity index (χ4n) is 2.77. The minimum absolute atomic E-state index is 0.139. The molecule has 3 rings (SSSR count). The standard InChI is InChI=1S/C23H23N3O3/c1-2-25-23(28)29-15-16-8-10-18(11-9-16)22(27)26-21-14-19(12-13-20(21)24)17-6-4-3-5-7-17/h3-14H,2,15,24H2,1H3,(H,25,28)(H,26,27). The molecule has 148 valence electrons. The SMILES string of the molecule is CCNC(=O)OCc1ccc(C(=O)Nc2cc(-c3ccccc3)ccc2N)cc1. The lowest BCUT2D eigenvalue weighted by Gasteiger charge is -2.11. The van der Waals surface area contributed by atoms with Crippen LogP contribution in [-0.4, -0.2) is 18.5 Å². The van der Waals surface area contributed by atoms with E-state index in [1.165, 1.54) is 0 Å². The van der Waals surface area contributed by atoms with E-state index in [-0.39, 0.29) is 12.5 Å². The van der Waals surface area contributed by atoms with Gasteiger partial charge >= 0.3 is 6.09 Å². The molecule has 4 N–H and O–H groups in total. The predicted molar refractivity (Wildman–Crippen MR) is 115 cm³/mol. The number of carbonyl (C=O) groups is 2. The van der Waals surface area contributed by atoms with E-state index in [0.717, 1.165) is 16.7 Å². The Morgan fingerprint density at radius 3 is 2.34 bits per heavy atom. The van der Waals surface area contributed by atoms with Crippen LogP contribution in [0.1, 0.15) is 22.8 Å². The van der Waals surface area contributed by atoms with Crippen LogP contribution in [0.25, 0.3) is 11.1 Å². The molecule has 0 aromatic heterocycles. The second kappa shape index (κ2) is 9.41. The highest BCUT2D eigenvalue weighted by Crippen LogP contribution is 2.27. The number of alkyl carbamates (subject to hydrolysis) is 1. The summed E-state index contributed by atoms with van der Waals surface area (Å²) in [6, 6.07) is 22.3. The molecule has 3 aromatic rings. The number of rotatable bonds is 6. The fourth-order valence-corrected chi connectivity index (χ4v) is 2.77. The molecule has 0 aliphatic heterocycles. The zero-order valence-corrected chi connectivity index (χ0v) is 16.1. The minimum atomic E-state index is -0.469. The van der Waals surface area contributed by atoms with E-state index in [4.69, 9.17) is 10.5 Å². The van der Waals surface area contributed by atoms with Gasteiger partial charge in [-0.15, -0.1) is 0 Å². The second-order valence-corrected chi connectivity index (χ2v) is 6.43. The van der Waals surface area contributed by atoms with Crippen molar-refractivity contribution in [2.24, 2.45) is 0 Å². The van der Waals surface area contributed by atoms with E-state index in [0.29, 0.717) is 23.5 Å². The molecule has 0 saturated carbocycles. The third kappa shape index (κ3) is 5.35. The van der Waals surface area contributed by atoms with Crippen molar-refractivity contribution in [1.29, 1.82) is 0 Å². The summed E-state index contributed by atoms with van der Waals surface area (Å²) in [5.74, 6) is -0.266. The van der Waals surface area contributed by atoms with Crippen molar-refractivity contribution in [3.8, 4) is 11.1 Å². The summed E-state index contributed by atoms with van der Waals surface area (Å²) in [6.07, 6.45) is -0.469. The van der Waals surface area contributed by atoms with Crippen molar-refractivity contribution in [2.45, 2.75) is 13.5 Å². The minimum Gasteiger partial charge on any atom is -0.445 e. The van der Waals surface area contributed by atoms with Gasteiger partial charge in [0.2, 0.25) is 0 Å². The van der Waals surface area contributed by atoms with E-state index >= 15 is 0 Å². The van der Waals surface area contributed by atoms with Gasteiger partial charge in [0.05, 0.1) is 11.4 Å². The Labute approximate surface area is 169 Å². The first-order valence-corrected chi connectivity index (χ1v) is 9.32. The number of anilines is 2. The number of benzene rings is 3. The highest BCUT2D eigenvalue weighted by Gasteiger charge is 2.10. The van der Waals surface area contributed by atoms with Crippen LogP contribution in [0.15, 0.2) is 72.8 Å². The molecule has 0 spiro atoms. The maximum absolute atomic E-state index is 12.6. The number of nitrogens with one attached hydrogen (secondary N) is 2. The van der Waals surface area contributed by atoms with Gasteiger partial charge in [-0.05, 0) is 47.9 Å². The Hall–Kier alpha value is -3.80. The van der Waals surface area contributed by atoms with Crippen LogP contribution in [-0.2, 0) is 11.3 Å². The van der Waals surface area contributed by atoms with Crippen LogP contribution in [0.3, 0.4) is 0 Å². The number of hydrogen-bond acceptors (Lipinski definition) is 4. The highest BCUT2D eigenvalue weighted by atomic mass is 16.5. The van der Waals surface area contributed by atoms with Crippen LogP contribution < -0.4 is 16.4 Å². The number of ether oxygens (including phenoxy) is 1. The summed E-state index contributed by atoms with van der Waals surface area (Å²) in [4.78, 5) is 24.0. The second-order valence-electron chi connectivity index (χ2n) is 6.43. The summed E-state index contributed by atoms with van der Waals surface area (Å²) < 4.78 is 5.07. The van der Waals surface area contributed by atoms with Gasteiger partial charge in [-0.2, -0.15) is 0 Å². The molecule has 29 heavy (non-hydrogen) atoms. The molecule has 0 saturated heterocycles. The Morgan fingerprint density at radius 2 is 1.66 bits per heavy atom. The summed E-state index contributed by atoms with van der Waals surface area (Å²) >= 11 is 0. The van der Waals surface area contributed by atoms with Crippen LogP contribution in [0.2, 0.25) is 0 Å². The number of nitrogens with two attached hydrogens (primary N) is 1. The summed E-state index contributed by atoms with van der Waals surface area (Å²) in [7, 11) is 0. The lowest BCUT2D eigenvalue weighted by atomic mass is 10.0. The van der Waals surface area contributed by atoms with E-state index in [2.05, 4.69) is 10.6 Å². The van der Waals surface area contributed by atoms with E-state index in [9.17, 15) is 9.59 Å². The molecule has 0 atom stereocenters. The van der Waals surface area contributed by atoms with Crippen molar-refractivity contribution in [3.05, 3.63) is 83.9 Å². The Balaban J connectivity index is 1.68. The molecule has 3 aromatic carbocycles. The van der Waals surface area contributed by atoms with E-state index in [1.54, 1.807) is 30.3 Å². The normalized spacial score (nSPS) is 10.2. The average Bonchev–Trinajstić information content (AvgIpc) is 2.75. The number of amides is 2. The largest absolute Gasteiger partial charge is 0.445 e. The number of nitrogen functional groups attached to an aromatic ring is 1. The maximum Gasteiger partial charge on any atom is 0.407 e. The third-order valence-electron chi connectivity index (χ3n) is 4.32. The first-order valence-electron chi connectivity index (χ1n) is 9.32. The molecule has 0 heterocycles. The molecule has 0 radical (unpaired) electrons. The summed E-state index contributed by atoms with van der Waals surface area (Å²) in [5, 5.41) is 5.42. The zero-order chi connectivity index (χ0) is 20.6. The highest BCUT2D eigenvalue weighted by molar-refractivity contribution is 6.06. The van der Waals surface area contributed by atoms with Crippen molar-refractivity contribution >= 4 is 23.4 Å². The number of carbonyl (C=O) groups excluding carboxylic acids is 2. The molecule has 6 nitrogen and oxygen atoms in total. The molecular weight excluding hydrogens is 366 g/mol. The monoisotopic (exact) mass is 389 g/mol. The van der Waals surface area contributed by atoms with Gasteiger partial charge in [0.25, 0.3) is 5.91 Å². The molecule has 0 aliphatic carbocycles. The van der Waals surface area contributed by atoms with Gasteiger partial charge in [-0.1, -0.05) is 48.5 Å². The van der Waals surface area contributed by atoms with Gasteiger partial charge in [-0.25, -0.2) is 4.79 Å². The zero-order valence-electron chi connectivity index (χ0n) is 16.1. The molecule has 0 unspecified atom stereocenters. The van der Waals surface area contributed by atoms with Gasteiger partial charge in [0, 0.05) is 12.1 Å². The van der Waals surface area contributed by atoms with Crippen molar-refractivity contribution < 1.29 is 14.3 Å². The number of hydrogen-bond donors (Lipinski definition) is 3. The van der Waals surface area contributed by atoms with Crippen LogP contribution in [0.5, 0.6) is 0 Å². The third-order valence-corrected chi connectivity index (χ3v) is 4.32. The van der Waals surface area contributed by atoms with Crippen molar-refractivity contribution in [3.63, 3.8) is 0 Å². The lowest BCUT2D eigenvalue weighted by molar-refractivity contribution is 0.102. The van der Waals surface area contributed by atoms with Gasteiger partial charge < -0.3 is 21.1 Å². The Bertz CT molecular complexity index is 986. The van der Waals surface area contributed by atoms with Crippen molar-refractivity contribution in [2.75, 3.05) is 17.6 Å². The maximum atomic E-state index is 12.6.